The van der Waals surface area contributed by atoms with E-state index in [1.165, 1.54) is 25.0 Å². The third kappa shape index (κ3) is 6.70. The molecule has 2 atom stereocenters. The molecule has 8 nitrogen and oxygen atoms in total. The number of nitrogens with zero attached hydrogens (tertiary/aromatic N) is 2. The average Bonchev–Trinajstić information content (AvgIpc) is 3.30. The van der Waals surface area contributed by atoms with Crippen LogP contribution in [-0.2, 0) is 18.4 Å². The molecule has 2 heterocycles. The quantitative estimate of drug-likeness (QED) is 0.507. The van der Waals surface area contributed by atoms with Crippen LogP contribution in [0.3, 0.4) is 0 Å². The van der Waals surface area contributed by atoms with Crippen LogP contribution in [0.2, 0.25) is 13.1 Å². The van der Waals surface area contributed by atoms with Crippen LogP contribution in [0, 0.1) is 0 Å². The van der Waals surface area contributed by atoms with E-state index in [1.54, 1.807) is 51.2 Å². The maximum absolute atomic E-state index is 12.2. The molecule has 2 aromatic rings. The summed E-state index contributed by atoms with van der Waals surface area (Å²) in [4.78, 5) is 32.5. The van der Waals surface area contributed by atoms with E-state index in [2.05, 4.69) is 9.98 Å². The molecule has 0 aliphatic heterocycles. The van der Waals surface area contributed by atoms with Crippen molar-refractivity contribution in [3.63, 3.8) is 0 Å². The second-order valence-electron chi connectivity index (χ2n) is 6.18. The lowest BCUT2D eigenvalue weighted by atomic mass is 10.3. The van der Waals surface area contributed by atoms with Crippen molar-refractivity contribution in [3.8, 4) is 0 Å². The van der Waals surface area contributed by atoms with Gasteiger partial charge in [-0.15, -0.1) is 0 Å². The fourth-order valence-electron chi connectivity index (χ4n) is 1.90. The van der Waals surface area contributed by atoms with Crippen molar-refractivity contribution in [3.05, 3.63) is 48.3 Å². The van der Waals surface area contributed by atoms with Crippen LogP contribution in [0.4, 0.5) is 0 Å². The van der Waals surface area contributed by atoms with Gasteiger partial charge in [-0.2, -0.15) is 0 Å². The topological polar surface area (TPSA) is 104 Å². The number of carbonyl (C=O) groups excluding carboxylic acids is 2. The molecule has 0 amide bonds. The molecule has 144 valence electrons. The summed E-state index contributed by atoms with van der Waals surface area (Å²) >= 11 is 0. The van der Waals surface area contributed by atoms with Gasteiger partial charge in [-0.05, 0) is 38.1 Å². The van der Waals surface area contributed by atoms with Gasteiger partial charge >= 0.3 is 20.5 Å². The van der Waals surface area contributed by atoms with Gasteiger partial charge in [0.15, 0.2) is 0 Å². The molecule has 2 rings (SSSR count). The molecule has 0 aliphatic carbocycles. The SMILES string of the molecule is C[C@H](N=Cc1ccco1)C(=O)O[Si](C)(C)OC(=O)[C@@H](C)N=Cc1ccco1. The maximum atomic E-state index is 12.2. The summed E-state index contributed by atoms with van der Waals surface area (Å²) in [6.45, 7) is 6.39. The molecule has 9 heteroatoms. The number of hydrogen-bond donors (Lipinski definition) is 0. The second kappa shape index (κ2) is 9.13. The molecule has 0 unspecified atom stereocenters. The van der Waals surface area contributed by atoms with Crippen LogP contribution >= 0.6 is 0 Å². The van der Waals surface area contributed by atoms with Crippen LogP contribution in [0.1, 0.15) is 25.4 Å². The maximum Gasteiger partial charge on any atom is 0.457 e. The molecular formula is C18H22N2O6Si. The van der Waals surface area contributed by atoms with Gasteiger partial charge in [0.25, 0.3) is 0 Å². The highest BCUT2D eigenvalue weighted by atomic mass is 28.4. The zero-order chi connectivity index (χ0) is 19.9. The minimum atomic E-state index is -3.04. The smallest absolute Gasteiger partial charge is 0.457 e. The Bertz CT molecular complexity index is 730. The van der Waals surface area contributed by atoms with Gasteiger partial charge in [0, 0.05) is 13.1 Å². The standard InChI is InChI=1S/C18H22N2O6Si/c1-13(19-11-15-7-5-9-23-15)17(21)25-27(3,4)26-18(22)14(2)20-12-16-8-6-10-24-16/h5-14H,1-4H3/t13-,14+. The molecule has 0 radical (unpaired) electrons. The Morgan fingerprint density at radius 1 is 0.926 bits per heavy atom. The van der Waals surface area contributed by atoms with Crippen molar-refractivity contribution in [2.75, 3.05) is 0 Å². The average molecular weight is 390 g/mol. The van der Waals surface area contributed by atoms with Crippen LogP contribution < -0.4 is 0 Å². The monoisotopic (exact) mass is 390 g/mol. The molecule has 0 spiro atoms. The van der Waals surface area contributed by atoms with Gasteiger partial charge in [-0.25, -0.2) is 0 Å². The minimum Gasteiger partial charge on any atom is -0.483 e. The molecule has 2 aromatic heterocycles. The Balaban J connectivity index is 1.86. The highest BCUT2D eigenvalue weighted by Gasteiger charge is 2.36. The van der Waals surface area contributed by atoms with Crippen molar-refractivity contribution in [1.29, 1.82) is 0 Å². The Kier molecular flexibility index (Phi) is 6.89. The Morgan fingerprint density at radius 3 is 1.67 bits per heavy atom. The van der Waals surface area contributed by atoms with Crippen molar-refractivity contribution >= 4 is 32.9 Å². The third-order valence-electron chi connectivity index (χ3n) is 3.31. The first-order valence-corrected chi connectivity index (χ1v) is 11.2. The van der Waals surface area contributed by atoms with Gasteiger partial charge < -0.3 is 17.7 Å². The number of aliphatic imine (C=N–C) groups is 2. The van der Waals surface area contributed by atoms with E-state index in [9.17, 15) is 9.59 Å². The van der Waals surface area contributed by atoms with Crippen molar-refractivity contribution < 1.29 is 27.3 Å². The summed E-state index contributed by atoms with van der Waals surface area (Å²) in [5.74, 6) is -0.0929. The molecule has 0 saturated heterocycles. The lowest BCUT2D eigenvalue weighted by Gasteiger charge is -2.24. The number of carbonyl (C=O) groups is 2. The van der Waals surface area contributed by atoms with Crippen LogP contribution in [-0.4, -0.2) is 45.0 Å². The van der Waals surface area contributed by atoms with E-state index in [-0.39, 0.29) is 0 Å². The Labute approximate surface area is 158 Å². The van der Waals surface area contributed by atoms with Crippen LogP contribution in [0.25, 0.3) is 0 Å². The predicted molar refractivity (Wildman–Crippen MR) is 101 cm³/mol. The van der Waals surface area contributed by atoms with E-state index < -0.39 is 32.6 Å². The highest BCUT2D eigenvalue weighted by molar-refractivity contribution is 6.67. The van der Waals surface area contributed by atoms with Gasteiger partial charge in [-0.3, -0.25) is 19.6 Å². The zero-order valence-electron chi connectivity index (χ0n) is 15.6. The van der Waals surface area contributed by atoms with Crippen molar-refractivity contribution in [2.24, 2.45) is 9.98 Å². The van der Waals surface area contributed by atoms with Crippen molar-refractivity contribution in [2.45, 2.75) is 39.0 Å². The molecule has 0 saturated carbocycles. The first kappa shape index (κ1) is 20.4. The number of rotatable bonds is 8. The third-order valence-corrected chi connectivity index (χ3v) is 4.70. The predicted octanol–water partition coefficient (Wildman–Crippen LogP) is 2.98. The highest BCUT2D eigenvalue weighted by Crippen LogP contribution is 2.12. The van der Waals surface area contributed by atoms with E-state index >= 15 is 0 Å². The first-order chi connectivity index (χ1) is 12.8. The van der Waals surface area contributed by atoms with E-state index in [1.807, 2.05) is 0 Å². The van der Waals surface area contributed by atoms with E-state index in [0.717, 1.165) is 0 Å². The Hall–Kier alpha value is -2.94. The first-order valence-electron chi connectivity index (χ1n) is 8.36. The van der Waals surface area contributed by atoms with Gasteiger partial charge in [0.05, 0.1) is 25.0 Å². The summed E-state index contributed by atoms with van der Waals surface area (Å²) in [7, 11) is -3.04. The largest absolute Gasteiger partial charge is 0.483 e. The summed E-state index contributed by atoms with van der Waals surface area (Å²) in [5.41, 5.74) is 0. The molecule has 0 aliphatic rings. The molecule has 0 N–H and O–H groups in total. The van der Waals surface area contributed by atoms with Gasteiger partial charge in [0.1, 0.15) is 23.6 Å². The van der Waals surface area contributed by atoms with Crippen molar-refractivity contribution in [1.82, 2.24) is 0 Å². The summed E-state index contributed by atoms with van der Waals surface area (Å²) in [6, 6.07) is 5.36. The van der Waals surface area contributed by atoms with Crippen LogP contribution in [0.15, 0.2) is 55.6 Å². The molecule has 27 heavy (non-hydrogen) atoms. The number of hydrogen-bond acceptors (Lipinski definition) is 8. The Morgan fingerprint density at radius 2 is 1.33 bits per heavy atom. The lowest BCUT2D eigenvalue weighted by Crippen LogP contribution is -2.43. The molecular weight excluding hydrogens is 368 g/mol. The normalized spacial score (nSPS) is 14.4. The summed E-state index contributed by atoms with van der Waals surface area (Å²) < 4.78 is 21.0. The van der Waals surface area contributed by atoms with Crippen LogP contribution in [0.5, 0.6) is 0 Å². The van der Waals surface area contributed by atoms with E-state index in [0.29, 0.717) is 11.5 Å². The van der Waals surface area contributed by atoms with E-state index in [4.69, 9.17) is 17.7 Å². The minimum absolute atomic E-state index is 0.529. The number of furan rings is 2. The molecule has 0 aromatic carbocycles. The van der Waals surface area contributed by atoms with Gasteiger partial charge in [0.2, 0.25) is 0 Å². The summed E-state index contributed by atoms with van der Waals surface area (Å²) in [6.07, 6.45) is 5.90. The summed E-state index contributed by atoms with van der Waals surface area (Å²) in [5, 5.41) is 0. The fourth-order valence-corrected chi connectivity index (χ4v) is 3.25. The lowest BCUT2D eigenvalue weighted by molar-refractivity contribution is -0.142. The zero-order valence-corrected chi connectivity index (χ0v) is 16.6. The molecule has 0 bridgehead atoms. The fraction of sp³-hybridized carbons (Fsp3) is 0.333. The molecule has 0 fully saturated rings. The second-order valence-corrected chi connectivity index (χ2v) is 9.39. The van der Waals surface area contributed by atoms with Gasteiger partial charge in [-0.1, -0.05) is 0 Å².